The molecule has 2 aromatic carbocycles. The highest BCUT2D eigenvalue weighted by Gasteiger charge is 2.18. The minimum absolute atomic E-state index is 0.0559. The molecule has 0 saturated carbocycles. The minimum atomic E-state index is -3.72. The molecule has 1 heterocycles. The highest BCUT2D eigenvalue weighted by molar-refractivity contribution is 7.89. The van der Waals surface area contributed by atoms with Crippen molar-refractivity contribution in [2.75, 3.05) is 0 Å². The number of sulfonamides is 1. The first-order valence-electron chi connectivity index (χ1n) is 7.44. The summed E-state index contributed by atoms with van der Waals surface area (Å²) < 4.78 is 27.5. The van der Waals surface area contributed by atoms with Crippen LogP contribution in [-0.2, 0) is 16.6 Å². The van der Waals surface area contributed by atoms with Gasteiger partial charge >= 0.3 is 0 Å². The third-order valence-corrected chi connectivity index (χ3v) is 7.28. The Labute approximate surface area is 170 Å². The van der Waals surface area contributed by atoms with E-state index in [2.05, 4.69) is 9.71 Å². The van der Waals surface area contributed by atoms with Crippen LogP contribution in [0.3, 0.4) is 0 Å². The second-order valence-corrected chi connectivity index (χ2v) is 9.48. The lowest BCUT2D eigenvalue weighted by Gasteiger charge is -2.07. The van der Waals surface area contributed by atoms with Gasteiger partial charge in [0.2, 0.25) is 10.0 Å². The van der Waals surface area contributed by atoms with Crippen LogP contribution in [0.25, 0.3) is 10.6 Å². The van der Waals surface area contributed by atoms with E-state index < -0.39 is 10.0 Å². The molecule has 136 valence electrons. The molecule has 26 heavy (non-hydrogen) atoms. The van der Waals surface area contributed by atoms with Crippen molar-refractivity contribution in [3.8, 4) is 10.6 Å². The third kappa shape index (κ3) is 4.22. The Bertz CT molecular complexity index is 1070. The van der Waals surface area contributed by atoms with E-state index in [1.807, 2.05) is 25.1 Å². The number of rotatable bonds is 5. The number of aromatic nitrogens is 1. The van der Waals surface area contributed by atoms with Crippen molar-refractivity contribution >= 4 is 56.2 Å². The Balaban J connectivity index is 1.81. The Hall–Kier alpha value is -1.15. The van der Waals surface area contributed by atoms with Crippen molar-refractivity contribution in [1.29, 1.82) is 0 Å². The van der Waals surface area contributed by atoms with Gasteiger partial charge in [0.25, 0.3) is 0 Å². The number of halogens is 3. The van der Waals surface area contributed by atoms with Gasteiger partial charge in [0.15, 0.2) is 0 Å². The lowest BCUT2D eigenvalue weighted by molar-refractivity contribution is 0.581. The van der Waals surface area contributed by atoms with Crippen molar-refractivity contribution in [3.05, 3.63) is 68.1 Å². The van der Waals surface area contributed by atoms with E-state index in [1.54, 1.807) is 6.07 Å². The molecule has 0 aliphatic rings. The first-order chi connectivity index (χ1) is 12.3. The monoisotopic (exact) mass is 446 g/mol. The van der Waals surface area contributed by atoms with Gasteiger partial charge in [-0.1, -0.05) is 53.0 Å². The number of hydrogen-bond acceptors (Lipinski definition) is 4. The van der Waals surface area contributed by atoms with Crippen LogP contribution in [0.5, 0.6) is 0 Å². The Morgan fingerprint density at radius 1 is 1.04 bits per heavy atom. The first kappa shape index (κ1) is 19.6. The van der Waals surface area contributed by atoms with Crippen LogP contribution >= 0.6 is 46.1 Å². The van der Waals surface area contributed by atoms with Gasteiger partial charge in [0, 0.05) is 17.0 Å². The predicted molar refractivity (Wildman–Crippen MR) is 108 cm³/mol. The smallest absolute Gasteiger partial charge is 0.240 e. The molecule has 0 amide bonds. The van der Waals surface area contributed by atoms with Crippen molar-refractivity contribution in [3.63, 3.8) is 0 Å². The molecule has 1 N–H and O–H groups in total. The maximum atomic E-state index is 12.5. The van der Waals surface area contributed by atoms with E-state index in [9.17, 15) is 8.42 Å². The van der Waals surface area contributed by atoms with Crippen LogP contribution in [0.15, 0.2) is 47.4 Å². The summed E-state index contributed by atoms with van der Waals surface area (Å²) in [4.78, 5) is 5.37. The summed E-state index contributed by atoms with van der Waals surface area (Å²) in [5.41, 5.74) is 1.57. The lowest BCUT2D eigenvalue weighted by atomic mass is 10.2. The quantitative estimate of drug-likeness (QED) is 0.557. The van der Waals surface area contributed by atoms with Gasteiger partial charge in [0.05, 0.1) is 25.7 Å². The zero-order valence-corrected chi connectivity index (χ0v) is 17.4. The van der Waals surface area contributed by atoms with Crippen LogP contribution in [0.1, 0.15) is 10.6 Å². The summed E-state index contributed by atoms with van der Waals surface area (Å²) >= 11 is 19.3. The fraction of sp³-hybridized carbons (Fsp3) is 0.118. The number of aryl methyl sites for hydroxylation is 1. The molecule has 0 aliphatic heterocycles. The molecule has 0 radical (unpaired) electrons. The molecule has 9 heteroatoms. The molecule has 0 aliphatic carbocycles. The van der Waals surface area contributed by atoms with Crippen LogP contribution < -0.4 is 4.72 Å². The van der Waals surface area contributed by atoms with E-state index in [0.29, 0.717) is 10.0 Å². The predicted octanol–water partition coefficient (Wildman–Crippen LogP) is 5.56. The van der Waals surface area contributed by atoms with E-state index in [4.69, 9.17) is 34.8 Å². The van der Waals surface area contributed by atoms with Crippen molar-refractivity contribution in [1.82, 2.24) is 9.71 Å². The lowest BCUT2D eigenvalue weighted by Crippen LogP contribution is -2.23. The SMILES string of the molecule is Cc1nc(-c2ccccc2Cl)sc1CNS(=O)(=O)c1ccc(Cl)c(Cl)c1. The summed E-state index contributed by atoms with van der Waals surface area (Å²) in [5.74, 6) is 0. The minimum Gasteiger partial charge on any atom is -0.241 e. The van der Waals surface area contributed by atoms with Crippen LogP contribution in [0, 0.1) is 6.92 Å². The maximum absolute atomic E-state index is 12.5. The zero-order valence-electron chi connectivity index (χ0n) is 13.5. The zero-order chi connectivity index (χ0) is 18.9. The van der Waals surface area contributed by atoms with Gasteiger partial charge in [-0.3, -0.25) is 0 Å². The van der Waals surface area contributed by atoms with Crippen molar-refractivity contribution in [2.45, 2.75) is 18.4 Å². The molecule has 3 aromatic rings. The highest BCUT2D eigenvalue weighted by atomic mass is 35.5. The molecule has 4 nitrogen and oxygen atoms in total. The Morgan fingerprint density at radius 3 is 2.46 bits per heavy atom. The maximum Gasteiger partial charge on any atom is 0.240 e. The van der Waals surface area contributed by atoms with Gasteiger partial charge in [-0.05, 0) is 31.2 Å². The Kier molecular flexibility index (Phi) is 5.91. The van der Waals surface area contributed by atoms with Gasteiger partial charge < -0.3 is 0 Å². The molecule has 1 aromatic heterocycles. The molecule has 0 spiro atoms. The molecule has 0 fully saturated rings. The summed E-state index contributed by atoms with van der Waals surface area (Å²) in [5, 5.41) is 1.83. The van der Waals surface area contributed by atoms with Crippen molar-refractivity contribution in [2.24, 2.45) is 0 Å². The van der Waals surface area contributed by atoms with Gasteiger partial charge in [-0.2, -0.15) is 0 Å². The average Bonchev–Trinajstić information content (AvgIpc) is 2.96. The highest BCUT2D eigenvalue weighted by Crippen LogP contribution is 2.33. The average molecular weight is 448 g/mol. The molecule has 3 rings (SSSR count). The summed E-state index contributed by atoms with van der Waals surface area (Å²) in [6.45, 7) is 1.95. The fourth-order valence-corrected chi connectivity index (χ4v) is 5.03. The summed E-state index contributed by atoms with van der Waals surface area (Å²) in [6, 6.07) is 11.6. The summed E-state index contributed by atoms with van der Waals surface area (Å²) in [7, 11) is -3.72. The number of nitrogens with zero attached hydrogens (tertiary/aromatic N) is 1. The Morgan fingerprint density at radius 2 is 1.77 bits per heavy atom. The molecule has 0 atom stereocenters. The third-order valence-electron chi connectivity index (χ3n) is 3.62. The second-order valence-electron chi connectivity index (χ2n) is 5.41. The van der Waals surface area contributed by atoms with E-state index in [0.717, 1.165) is 21.1 Å². The fourth-order valence-electron chi connectivity index (χ4n) is 2.23. The first-order valence-corrected chi connectivity index (χ1v) is 10.9. The van der Waals surface area contributed by atoms with Crippen molar-refractivity contribution < 1.29 is 8.42 Å². The van der Waals surface area contributed by atoms with E-state index in [1.165, 1.54) is 29.5 Å². The molecule has 0 unspecified atom stereocenters. The van der Waals surface area contributed by atoms with Gasteiger partial charge in [0.1, 0.15) is 5.01 Å². The standard InChI is InChI=1S/C17H13Cl3N2O2S2/c1-10-16(25-17(22-10)12-4-2-3-5-13(12)18)9-21-26(23,24)11-6-7-14(19)15(20)8-11/h2-8,21H,9H2,1H3. The molecular weight excluding hydrogens is 435 g/mol. The number of thiazole rings is 1. The molecule has 0 bridgehead atoms. The van der Waals surface area contributed by atoms with Crippen LogP contribution in [0.2, 0.25) is 15.1 Å². The summed E-state index contributed by atoms with van der Waals surface area (Å²) in [6.07, 6.45) is 0. The van der Waals surface area contributed by atoms with Crippen LogP contribution in [-0.4, -0.2) is 13.4 Å². The van der Waals surface area contributed by atoms with E-state index >= 15 is 0 Å². The largest absolute Gasteiger partial charge is 0.241 e. The number of benzene rings is 2. The number of hydrogen-bond donors (Lipinski definition) is 1. The van der Waals surface area contributed by atoms with Gasteiger partial charge in [-0.15, -0.1) is 11.3 Å². The molecule has 0 saturated heterocycles. The normalized spacial score (nSPS) is 11.7. The van der Waals surface area contributed by atoms with Gasteiger partial charge in [-0.25, -0.2) is 18.1 Å². The van der Waals surface area contributed by atoms with Crippen LogP contribution in [0.4, 0.5) is 0 Å². The van der Waals surface area contributed by atoms with E-state index in [-0.39, 0.29) is 16.5 Å². The molecular formula is C17H13Cl3N2O2S2. The number of nitrogens with one attached hydrogen (secondary N) is 1. The second kappa shape index (κ2) is 7.84. The topological polar surface area (TPSA) is 59.1 Å².